The summed E-state index contributed by atoms with van der Waals surface area (Å²) in [5.74, 6) is 0.785. The van der Waals surface area contributed by atoms with Crippen LogP contribution in [-0.4, -0.2) is 21.0 Å². The van der Waals surface area contributed by atoms with Crippen molar-refractivity contribution in [3.8, 4) is 12.3 Å². The number of nitrogens with zero attached hydrogens (tertiary/aromatic N) is 3. The Hall–Kier alpha value is -3.18. The summed E-state index contributed by atoms with van der Waals surface area (Å²) in [5.41, 5.74) is 6.14. The van der Waals surface area contributed by atoms with Gasteiger partial charge in [-0.2, -0.15) is 0 Å². The van der Waals surface area contributed by atoms with E-state index >= 15 is 0 Å². The van der Waals surface area contributed by atoms with E-state index in [4.69, 9.17) is 12.2 Å². The lowest BCUT2D eigenvalue weighted by molar-refractivity contribution is 0.101. The molecule has 27 heavy (non-hydrogen) atoms. The van der Waals surface area contributed by atoms with Gasteiger partial charge in [0.05, 0.1) is 5.69 Å². The normalized spacial score (nSPS) is 19.1. The van der Waals surface area contributed by atoms with Crippen LogP contribution in [0.25, 0.3) is 0 Å². The summed E-state index contributed by atoms with van der Waals surface area (Å²) in [6, 6.07) is 4.35. The molecule has 0 saturated carbocycles. The van der Waals surface area contributed by atoms with E-state index in [0.717, 1.165) is 11.0 Å². The highest BCUT2D eigenvalue weighted by Crippen LogP contribution is 2.39. The number of anilines is 1. The van der Waals surface area contributed by atoms with Crippen molar-refractivity contribution in [2.24, 2.45) is 10.7 Å². The molecule has 2 aromatic heterocycles. The molecule has 3 N–H and O–H groups in total. The van der Waals surface area contributed by atoms with Crippen LogP contribution in [-0.2, 0) is 5.54 Å². The summed E-state index contributed by atoms with van der Waals surface area (Å²) in [6.45, 7) is 5.85. The number of carbonyl (C=O) groups is 1. The maximum atomic E-state index is 14.0. The number of aromatic nitrogens is 2. The van der Waals surface area contributed by atoms with Crippen LogP contribution in [0.3, 0.4) is 0 Å². The van der Waals surface area contributed by atoms with Crippen molar-refractivity contribution in [2.75, 3.05) is 5.32 Å². The molecule has 8 heteroatoms. The van der Waals surface area contributed by atoms with E-state index in [1.54, 1.807) is 12.1 Å². The second-order valence-corrected chi connectivity index (χ2v) is 7.32. The summed E-state index contributed by atoms with van der Waals surface area (Å²) < 4.78 is 14.0. The van der Waals surface area contributed by atoms with Gasteiger partial charge in [0.25, 0.3) is 5.91 Å². The molecule has 0 saturated heterocycles. The molecule has 0 unspecified atom stereocenters. The monoisotopic (exact) mass is 381 g/mol. The number of nitrogens with two attached hydrogens (primary N) is 1. The van der Waals surface area contributed by atoms with Crippen LogP contribution >= 0.6 is 11.8 Å². The first kappa shape index (κ1) is 18.6. The maximum absolute atomic E-state index is 14.0. The maximum Gasteiger partial charge on any atom is 0.277 e. The zero-order valence-electron chi connectivity index (χ0n) is 14.5. The quantitative estimate of drug-likeness (QED) is 0.797. The SMILES string of the molecule is C#Cc1cnc(C(=O)Nc2ccnc([C@]3(C)CC(=C)SC(N)=N3)c2)c(F)c1. The number of pyridine rings is 2. The number of thioether (sulfide) groups is 1. The molecule has 3 heterocycles. The topological polar surface area (TPSA) is 93.3 Å². The molecule has 1 amide bonds. The van der Waals surface area contributed by atoms with Gasteiger partial charge in [-0.15, -0.1) is 6.42 Å². The number of amidine groups is 1. The van der Waals surface area contributed by atoms with Crippen LogP contribution in [0.1, 0.15) is 35.1 Å². The molecule has 2 aromatic rings. The van der Waals surface area contributed by atoms with E-state index < -0.39 is 17.3 Å². The molecule has 0 spiro atoms. The van der Waals surface area contributed by atoms with Crippen LogP contribution in [0.15, 0.2) is 47.1 Å². The van der Waals surface area contributed by atoms with Crippen LogP contribution in [0.5, 0.6) is 0 Å². The zero-order chi connectivity index (χ0) is 19.6. The summed E-state index contributed by atoms with van der Waals surface area (Å²) in [4.78, 5) is 25.8. The third-order valence-corrected chi connectivity index (χ3v) is 4.67. The molecule has 136 valence electrons. The van der Waals surface area contributed by atoms with Gasteiger partial charge in [0, 0.05) is 30.1 Å². The van der Waals surface area contributed by atoms with Crippen molar-refractivity contribution in [1.29, 1.82) is 0 Å². The Morgan fingerprint density at radius 1 is 1.48 bits per heavy atom. The summed E-state index contributed by atoms with van der Waals surface area (Å²) in [6.07, 6.45) is 8.56. The molecule has 0 bridgehead atoms. The van der Waals surface area contributed by atoms with Crippen molar-refractivity contribution < 1.29 is 9.18 Å². The van der Waals surface area contributed by atoms with E-state index in [1.165, 1.54) is 24.2 Å². The lowest BCUT2D eigenvalue weighted by Gasteiger charge is -2.30. The average Bonchev–Trinajstić information content (AvgIpc) is 2.60. The average molecular weight is 381 g/mol. The molecule has 0 aromatic carbocycles. The smallest absolute Gasteiger partial charge is 0.277 e. The Balaban J connectivity index is 1.86. The zero-order valence-corrected chi connectivity index (χ0v) is 15.3. The van der Waals surface area contributed by atoms with E-state index in [0.29, 0.717) is 23.0 Å². The largest absolute Gasteiger partial charge is 0.378 e. The lowest BCUT2D eigenvalue weighted by Crippen LogP contribution is -2.29. The van der Waals surface area contributed by atoms with Gasteiger partial charge >= 0.3 is 0 Å². The van der Waals surface area contributed by atoms with E-state index in [-0.39, 0.29) is 11.3 Å². The highest BCUT2D eigenvalue weighted by atomic mass is 32.2. The fraction of sp³-hybridized carbons (Fsp3) is 0.158. The van der Waals surface area contributed by atoms with Crippen LogP contribution < -0.4 is 11.1 Å². The van der Waals surface area contributed by atoms with Crippen molar-refractivity contribution in [3.63, 3.8) is 0 Å². The van der Waals surface area contributed by atoms with Gasteiger partial charge in [0.15, 0.2) is 16.7 Å². The lowest BCUT2D eigenvalue weighted by atomic mass is 9.93. The molecule has 6 nitrogen and oxygen atoms in total. The van der Waals surface area contributed by atoms with Crippen LogP contribution in [0.2, 0.25) is 0 Å². The van der Waals surface area contributed by atoms with Crippen molar-refractivity contribution in [3.05, 3.63) is 64.8 Å². The first-order chi connectivity index (χ1) is 12.8. The van der Waals surface area contributed by atoms with Gasteiger partial charge in [0.1, 0.15) is 5.54 Å². The fourth-order valence-corrected chi connectivity index (χ4v) is 3.59. The van der Waals surface area contributed by atoms with Gasteiger partial charge in [-0.25, -0.2) is 14.4 Å². The molecule has 0 fully saturated rings. The Kier molecular flexibility index (Phi) is 4.97. The number of rotatable bonds is 3. The second kappa shape index (κ2) is 7.21. The number of carbonyl (C=O) groups excluding carboxylic acids is 1. The number of terminal acetylenes is 1. The molecule has 0 aliphatic carbocycles. The number of hydrogen-bond donors (Lipinski definition) is 2. The van der Waals surface area contributed by atoms with Gasteiger partial charge in [0.2, 0.25) is 0 Å². The number of amides is 1. The molecular formula is C19H16FN5OS. The molecular weight excluding hydrogens is 365 g/mol. The number of nitrogens with one attached hydrogen (secondary N) is 1. The van der Waals surface area contributed by atoms with E-state index in [1.807, 2.05) is 6.92 Å². The van der Waals surface area contributed by atoms with Gasteiger partial charge in [-0.05, 0) is 30.0 Å². The first-order valence-electron chi connectivity index (χ1n) is 7.92. The Bertz CT molecular complexity index is 1010. The molecule has 1 atom stereocenters. The number of halogens is 1. The van der Waals surface area contributed by atoms with Gasteiger partial charge < -0.3 is 11.1 Å². The number of aliphatic imine (C=N–C) groups is 1. The third kappa shape index (κ3) is 3.99. The molecule has 1 aliphatic rings. The summed E-state index contributed by atoms with van der Waals surface area (Å²) in [7, 11) is 0. The predicted octanol–water partition coefficient (Wildman–Crippen LogP) is 3.03. The van der Waals surface area contributed by atoms with Crippen molar-refractivity contribution >= 4 is 28.5 Å². The highest BCUT2D eigenvalue weighted by Gasteiger charge is 2.33. The first-order valence-corrected chi connectivity index (χ1v) is 8.73. The van der Waals surface area contributed by atoms with E-state index in [2.05, 4.69) is 32.8 Å². The Morgan fingerprint density at radius 2 is 2.26 bits per heavy atom. The molecule has 0 radical (unpaired) electrons. The van der Waals surface area contributed by atoms with Gasteiger partial charge in [-0.3, -0.25) is 9.78 Å². The van der Waals surface area contributed by atoms with E-state index in [9.17, 15) is 9.18 Å². The minimum Gasteiger partial charge on any atom is -0.378 e. The third-order valence-electron chi connectivity index (χ3n) is 3.94. The van der Waals surface area contributed by atoms with Crippen molar-refractivity contribution in [2.45, 2.75) is 18.9 Å². The standard InChI is InChI=1S/C19H16FN5OS/c1-4-12-7-14(20)16(23-10-12)17(26)24-13-5-6-22-15(8-13)19(3)9-11(2)27-18(21)25-19/h1,5-8,10H,2,9H2,3H3,(H2,21,25)(H,22,24,26)/t19-/m0/s1. The Morgan fingerprint density at radius 3 is 2.93 bits per heavy atom. The summed E-state index contributed by atoms with van der Waals surface area (Å²) >= 11 is 1.33. The molecule has 1 aliphatic heterocycles. The van der Waals surface area contributed by atoms with Gasteiger partial charge in [-0.1, -0.05) is 24.3 Å². The van der Waals surface area contributed by atoms with Crippen LogP contribution in [0.4, 0.5) is 10.1 Å². The minimum atomic E-state index is -0.790. The second-order valence-electron chi connectivity index (χ2n) is 6.12. The number of hydrogen-bond acceptors (Lipinski definition) is 6. The fourth-order valence-electron chi connectivity index (χ4n) is 2.70. The van der Waals surface area contributed by atoms with Crippen LogP contribution in [0, 0.1) is 18.2 Å². The molecule has 3 rings (SSSR count). The Labute approximate surface area is 160 Å². The highest BCUT2D eigenvalue weighted by molar-refractivity contribution is 8.17. The van der Waals surface area contributed by atoms with Crippen molar-refractivity contribution in [1.82, 2.24) is 9.97 Å². The summed E-state index contributed by atoms with van der Waals surface area (Å²) in [5, 5.41) is 3.02. The minimum absolute atomic E-state index is 0.258. The predicted molar refractivity (Wildman–Crippen MR) is 105 cm³/mol.